The summed E-state index contributed by atoms with van der Waals surface area (Å²) in [6.07, 6.45) is 7.85. The van der Waals surface area contributed by atoms with Crippen molar-refractivity contribution < 1.29 is 9.53 Å². The summed E-state index contributed by atoms with van der Waals surface area (Å²) in [5.41, 5.74) is 0.995. The highest BCUT2D eigenvalue weighted by atomic mass is 79.9. The number of halogens is 1. The Morgan fingerprint density at radius 2 is 1.83 bits per heavy atom. The van der Waals surface area contributed by atoms with Gasteiger partial charge in [0.05, 0.1) is 18.8 Å². The highest BCUT2D eigenvalue weighted by molar-refractivity contribution is 9.10. The maximum Gasteiger partial charge on any atom is 0.187 e. The molecule has 0 unspecified atom stereocenters. The Labute approximate surface area is 140 Å². The molecule has 114 valence electrons. The molecular formula is C16H11BrN4O2. The first-order valence-corrected chi connectivity index (χ1v) is 7.52. The molecule has 0 aliphatic heterocycles. The van der Waals surface area contributed by atoms with Gasteiger partial charge in [-0.15, -0.1) is 0 Å². The van der Waals surface area contributed by atoms with Crippen molar-refractivity contribution >= 4 is 21.7 Å². The third-order valence-corrected chi connectivity index (χ3v) is 3.40. The molecule has 23 heavy (non-hydrogen) atoms. The van der Waals surface area contributed by atoms with E-state index in [4.69, 9.17) is 4.74 Å². The lowest BCUT2D eigenvalue weighted by molar-refractivity contribution is 0.0987. The molecule has 0 radical (unpaired) electrons. The Hall–Kier alpha value is -2.67. The van der Waals surface area contributed by atoms with Crippen LogP contribution in [0, 0.1) is 0 Å². The van der Waals surface area contributed by atoms with Crippen LogP contribution >= 0.6 is 15.9 Å². The van der Waals surface area contributed by atoms with Gasteiger partial charge in [0.15, 0.2) is 11.5 Å². The van der Waals surface area contributed by atoms with Gasteiger partial charge in [-0.1, -0.05) is 15.9 Å². The zero-order valence-electron chi connectivity index (χ0n) is 11.9. The van der Waals surface area contributed by atoms with Crippen molar-refractivity contribution in [2.45, 2.75) is 6.42 Å². The van der Waals surface area contributed by atoms with Crippen LogP contribution in [0.5, 0.6) is 11.5 Å². The molecule has 0 fully saturated rings. The molecule has 3 aromatic rings. The van der Waals surface area contributed by atoms with Crippen molar-refractivity contribution in [2.75, 3.05) is 0 Å². The van der Waals surface area contributed by atoms with Gasteiger partial charge >= 0.3 is 0 Å². The number of nitrogens with zero attached hydrogens (tertiary/aromatic N) is 4. The molecule has 3 rings (SSSR count). The predicted molar refractivity (Wildman–Crippen MR) is 86.3 cm³/mol. The number of hydrogen-bond acceptors (Lipinski definition) is 6. The summed E-state index contributed by atoms with van der Waals surface area (Å²) >= 11 is 3.36. The Morgan fingerprint density at radius 1 is 1.04 bits per heavy atom. The standard InChI is InChI=1S/C16H11BrN4O2/c17-11-1-3-20-12(5-11)6-16(22)15-7-13(2-4-21-15)23-14-8-18-10-19-9-14/h1-5,7-10H,6H2. The fourth-order valence-corrected chi connectivity index (χ4v) is 2.28. The van der Waals surface area contributed by atoms with Crippen molar-refractivity contribution in [3.63, 3.8) is 0 Å². The fraction of sp³-hybridized carbons (Fsp3) is 0.0625. The molecule has 0 bridgehead atoms. The number of ether oxygens (including phenoxy) is 1. The number of ketones is 1. The third kappa shape index (κ3) is 4.17. The Bertz CT molecular complexity index is 827. The molecule has 3 heterocycles. The summed E-state index contributed by atoms with van der Waals surface area (Å²) in [5, 5.41) is 0. The number of aromatic nitrogens is 4. The van der Waals surface area contributed by atoms with Crippen LogP contribution in [0.2, 0.25) is 0 Å². The molecule has 0 N–H and O–H groups in total. The smallest absolute Gasteiger partial charge is 0.187 e. The quantitative estimate of drug-likeness (QED) is 0.641. The van der Waals surface area contributed by atoms with E-state index in [-0.39, 0.29) is 12.2 Å². The third-order valence-electron chi connectivity index (χ3n) is 2.91. The molecule has 6 nitrogen and oxygen atoms in total. The Morgan fingerprint density at radius 3 is 2.61 bits per heavy atom. The topological polar surface area (TPSA) is 77.9 Å². The monoisotopic (exact) mass is 370 g/mol. The van der Waals surface area contributed by atoms with Gasteiger partial charge in [0.25, 0.3) is 0 Å². The average Bonchev–Trinajstić information content (AvgIpc) is 2.56. The first-order valence-electron chi connectivity index (χ1n) is 6.73. The van der Waals surface area contributed by atoms with Gasteiger partial charge < -0.3 is 4.74 Å². The summed E-state index contributed by atoms with van der Waals surface area (Å²) < 4.78 is 6.48. The van der Waals surface area contributed by atoms with Gasteiger partial charge in [0.1, 0.15) is 17.8 Å². The highest BCUT2D eigenvalue weighted by Gasteiger charge is 2.11. The van der Waals surface area contributed by atoms with Crippen molar-refractivity contribution in [1.29, 1.82) is 0 Å². The lowest BCUT2D eigenvalue weighted by Gasteiger charge is -2.06. The molecule has 0 spiro atoms. The lowest BCUT2D eigenvalue weighted by Crippen LogP contribution is -2.07. The summed E-state index contributed by atoms with van der Waals surface area (Å²) in [7, 11) is 0. The molecule has 0 saturated carbocycles. The minimum absolute atomic E-state index is 0.134. The van der Waals surface area contributed by atoms with Crippen LogP contribution in [0.1, 0.15) is 16.2 Å². The average molecular weight is 371 g/mol. The lowest BCUT2D eigenvalue weighted by atomic mass is 10.1. The molecule has 0 saturated heterocycles. The van der Waals surface area contributed by atoms with Crippen LogP contribution in [0.3, 0.4) is 0 Å². The highest BCUT2D eigenvalue weighted by Crippen LogP contribution is 2.20. The largest absolute Gasteiger partial charge is 0.454 e. The van der Waals surface area contributed by atoms with E-state index in [1.807, 2.05) is 6.07 Å². The van der Waals surface area contributed by atoms with Crippen molar-refractivity contribution in [3.05, 3.63) is 71.2 Å². The molecule has 0 aromatic carbocycles. The molecule has 0 aliphatic rings. The molecule has 0 amide bonds. The van der Waals surface area contributed by atoms with Crippen LogP contribution in [0.4, 0.5) is 0 Å². The minimum atomic E-state index is -0.134. The number of rotatable bonds is 5. The van der Waals surface area contributed by atoms with Crippen molar-refractivity contribution in [2.24, 2.45) is 0 Å². The first kappa shape index (κ1) is 15.2. The molecule has 3 aromatic heterocycles. The van der Waals surface area contributed by atoms with E-state index in [0.717, 1.165) is 4.47 Å². The molecule has 0 aliphatic carbocycles. The predicted octanol–water partition coefficient (Wildman–Crippen LogP) is 3.25. The minimum Gasteiger partial charge on any atom is -0.454 e. The van der Waals surface area contributed by atoms with Gasteiger partial charge in [-0.05, 0) is 18.2 Å². The van der Waals surface area contributed by atoms with Crippen LogP contribution < -0.4 is 4.74 Å². The second-order valence-electron chi connectivity index (χ2n) is 4.62. The van der Waals surface area contributed by atoms with E-state index in [2.05, 4.69) is 35.9 Å². The number of carbonyl (C=O) groups is 1. The van der Waals surface area contributed by atoms with Gasteiger partial charge in [0, 0.05) is 28.6 Å². The van der Waals surface area contributed by atoms with E-state index in [9.17, 15) is 4.79 Å². The van der Waals surface area contributed by atoms with Crippen LogP contribution in [0.25, 0.3) is 0 Å². The maximum absolute atomic E-state index is 12.3. The van der Waals surface area contributed by atoms with Crippen LogP contribution in [-0.2, 0) is 6.42 Å². The number of pyridine rings is 2. The summed E-state index contributed by atoms with van der Waals surface area (Å²) in [5.74, 6) is 0.858. The van der Waals surface area contributed by atoms with E-state index < -0.39 is 0 Å². The van der Waals surface area contributed by atoms with Crippen LogP contribution in [-0.4, -0.2) is 25.7 Å². The van der Waals surface area contributed by atoms with E-state index in [0.29, 0.717) is 22.9 Å². The van der Waals surface area contributed by atoms with Crippen LogP contribution in [0.15, 0.2) is 59.9 Å². The summed E-state index contributed by atoms with van der Waals surface area (Å²) in [6.45, 7) is 0. The van der Waals surface area contributed by atoms with E-state index in [1.165, 1.54) is 12.5 Å². The van der Waals surface area contributed by atoms with E-state index in [1.54, 1.807) is 36.8 Å². The zero-order valence-corrected chi connectivity index (χ0v) is 13.5. The zero-order chi connectivity index (χ0) is 16.1. The molecule has 7 heteroatoms. The maximum atomic E-state index is 12.3. The van der Waals surface area contributed by atoms with Gasteiger partial charge in [0.2, 0.25) is 0 Å². The van der Waals surface area contributed by atoms with Gasteiger partial charge in [-0.2, -0.15) is 0 Å². The van der Waals surface area contributed by atoms with Crippen molar-refractivity contribution in [3.8, 4) is 11.5 Å². The Kier molecular flexibility index (Phi) is 4.68. The first-order chi connectivity index (χ1) is 11.2. The van der Waals surface area contributed by atoms with Gasteiger partial charge in [-0.3, -0.25) is 14.8 Å². The number of Topliss-reactive ketones (excluding diaryl/α,β-unsaturated/α-hetero) is 1. The summed E-state index contributed by atoms with van der Waals surface area (Å²) in [6, 6.07) is 6.87. The van der Waals surface area contributed by atoms with Crippen molar-refractivity contribution in [1.82, 2.24) is 19.9 Å². The second-order valence-corrected chi connectivity index (χ2v) is 5.53. The fourth-order valence-electron chi connectivity index (χ4n) is 1.90. The SMILES string of the molecule is O=C(Cc1cc(Br)ccn1)c1cc(Oc2cncnc2)ccn1. The molecule has 0 atom stereocenters. The molecular weight excluding hydrogens is 360 g/mol. The number of carbonyl (C=O) groups excluding carboxylic acids is 1. The summed E-state index contributed by atoms with van der Waals surface area (Å²) in [4.78, 5) is 28.3. The second kappa shape index (κ2) is 7.06. The number of hydrogen-bond donors (Lipinski definition) is 0. The Balaban J connectivity index is 1.75. The van der Waals surface area contributed by atoms with E-state index >= 15 is 0 Å². The van der Waals surface area contributed by atoms with Gasteiger partial charge in [-0.25, -0.2) is 9.97 Å². The normalized spacial score (nSPS) is 10.3.